The SMILES string of the molecule is CCc1nc(COc2ccc(S(=O)(=O)Cl)cc2Br)no1. The average Bonchev–Trinajstić information content (AvgIpc) is 2.84. The molecule has 0 radical (unpaired) electrons. The summed E-state index contributed by atoms with van der Waals surface area (Å²) in [5, 5.41) is 3.75. The van der Waals surface area contributed by atoms with Crippen LogP contribution < -0.4 is 4.74 Å². The number of ether oxygens (including phenoxy) is 1. The smallest absolute Gasteiger partial charge is 0.261 e. The molecule has 1 aromatic heterocycles. The van der Waals surface area contributed by atoms with Gasteiger partial charge in [-0.2, -0.15) is 4.98 Å². The molecule has 1 aromatic carbocycles. The molecule has 2 rings (SSSR count). The number of rotatable bonds is 5. The highest BCUT2D eigenvalue weighted by Gasteiger charge is 2.13. The van der Waals surface area contributed by atoms with Crippen LogP contribution in [0, 0.1) is 0 Å². The third-order valence-electron chi connectivity index (χ3n) is 2.35. The number of nitrogens with zero attached hydrogens (tertiary/aromatic N) is 2. The van der Waals surface area contributed by atoms with Crippen LogP contribution in [0.5, 0.6) is 5.75 Å². The van der Waals surface area contributed by atoms with Gasteiger partial charge in [-0.3, -0.25) is 0 Å². The second-order valence-corrected chi connectivity index (χ2v) is 7.20. The second kappa shape index (κ2) is 6.11. The maximum atomic E-state index is 11.2. The number of aromatic nitrogens is 2. The molecular formula is C11H10BrClN2O4S. The fraction of sp³-hybridized carbons (Fsp3) is 0.273. The van der Waals surface area contributed by atoms with Crippen LogP contribution in [-0.4, -0.2) is 18.6 Å². The van der Waals surface area contributed by atoms with E-state index in [-0.39, 0.29) is 11.5 Å². The van der Waals surface area contributed by atoms with Gasteiger partial charge in [0, 0.05) is 17.1 Å². The molecule has 0 fully saturated rings. The average molecular weight is 382 g/mol. The molecule has 0 spiro atoms. The molecule has 0 amide bonds. The van der Waals surface area contributed by atoms with Crippen molar-refractivity contribution in [1.29, 1.82) is 0 Å². The number of halogens is 2. The van der Waals surface area contributed by atoms with E-state index >= 15 is 0 Å². The molecule has 20 heavy (non-hydrogen) atoms. The number of hydrogen-bond donors (Lipinski definition) is 0. The second-order valence-electron chi connectivity index (χ2n) is 3.78. The number of aryl methyl sites for hydroxylation is 1. The van der Waals surface area contributed by atoms with Crippen molar-refractivity contribution in [2.45, 2.75) is 24.8 Å². The fourth-order valence-electron chi connectivity index (χ4n) is 1.38. The number of benzene rings is 1. The summed E-state index contributed by atoms with van der Waals surface area (Å²) in [4.78, 5) is 4.09. The zero-order valence-electron chi connectivity index (χ0n) is 10.3. The van der Waals surface area contributed by atoms with Gasteiger partial charge in [0.25, 0.3) is 9.05 Å². The Kier molecular flexibility index (Phi) is 4.66. The minimum Gasteiger partial charge on any atom is -0.484 e. The molecule has 0 atom stereocenters. The van der Waals surface area contributed by atoms with E-state index in [0.29, 0.717) is 28.4 Å². The topological polar surface area (TPSA) is 82.3 Å². The highest BCUT2D eigenvalue weighted by Crippen LogP contribution is 2.29. The van der Waals surface area contributed by atoms with E-state index < -0.39 is 9.05 Å². The quantitative estimate of drug-likeness (QED) is 0.741. The van der Waals surface area contributed by atoms with E-state index in [1.807, 2.05) is 6.92 Å². The Bertz CT molecular complexity index is 717. The van der Waals surface area contributed by atoms with E-state index in [1.165, 1.54) is 18.2 Å². The molecule has 0 saturated heterocycles. The van der Waals surface area contributed by atoms with Crippen molar-refractivity contribution in [3.8, 4) is 5.75 Å². The lowest BCUT2D eigenvalue weighted by atomic mass is 10.3. The highest BCUT2D eigenvalue weighted by molar-refractivity contribution is 9.10. The highest BCUT2D eigenvalue weighted by atomic mass is 79.9. The summed E-state index contributed by atoms with van der Waals surface area (Å²) in [5.41, 5.74) is 0. The number of hydrogen-bond acceptors (Lipinski definition) is 6. The van der Waals surface area contributed by atoms with Gasteiger partial charge in [0.15, 0.2) is 6.61 Å². The van der Waals surface area contributed by atoms with Crippen LogP contribution in [0.1, 0.15) is 18.6 Å². The molecule has 1 heterocycles. The van der Waals surface area contributed by atoms with E-state index in [4.69, 9.17) is 19.9 Å². The lowest BCUT2D eigenvalue weighted by molar-refractivity contribution is 0.283. The van der Waals surface area contributed by atoms with Gasteiger partial charge < -0.3 is 9.26 Å². The van der Waals surface area contributed by atoms with Gasteiger partial charge in [-0.1, -0.05) is 12.1 Å². The molecule has 6 nitrogen and oxygen atoms in total. The fourth-order valence-corrected chi connectivity index (χ4v) is 2.81. The normalized spacial score (nSPS) is 11.6. The van der Waals surface area contributed by atoms with E-state index in [2.05, 4.69) is 26.1 Å². The molecule has 0 aliphatic carbocycles. The van der Waals surface area contributed by atoms with Crippen LogP contribution in [-0.2, 0) is 22.1 Å². The van der Waals surface area contributed by atoms with E-state index in [9.17, 15) is 8.42 Å². The van der Waals surface area contributed by atoms with Crippen LogP contribution in [0.25, 0.3) is 0 Å². The summed E-state index contributed by atoms with van der Waals surface area (Å²) in [5.74, 6) is 1.41. The van der Waals surface area contributed by atoms with Gasteiger partial charge in [-0.15, -0.1) is 0 Å². The first-order valence-corrected chi connectivity index (χ1v) is 8.69. The largest absolute Gasteiger partial charge is 0.484 e. The van der Waals surface area contributed by atoms with Gasteiger partial charge >= 0.3 is 0 Å². The predicted octanol–water partition coefficient (Wildman–Crippen LogP) is 2.90. The molecule has 0 unspecified atom stereocenters. The van der Waals surface area contributed by atoms with E-state index in [1.54, 1.807) is 0 Å². The van der Waals surface area contributed by atoms with Gasteiger partial charge in [0.05, 0.1) is 9.37 Å². The first-order chi connectivity index (χ1) is 9.40. The molecule has 0 aliphatic heterocycles. The first kappa shape index (κ1) is 15.3. The van der Waals surface area contributed by atoms with Crippen molar-refractivity contribution in [3.05, 3.63) is 34.4 Å². The van der Waals surface area contributed by atoms with Crippen molar-refractivity contribution >= 4 is 35.7 Å². The lowest BCUT2D eigenvalue weighted by Gasteiger charge is -2.06. The van der Waals surface area contributed by atoms with Gasteiger partial charge in [0.1, 0.15) is 5.75 Å². The molecule has 108 valence electrons. The van der Waals surface area contributed by atoms with Crippen LogP contribution >= 0.6 is 26.6 Å². The van der Waals surface area contributed by atoms with Crippen LogP contribution in [0.4, 0.5) is 0 Å². The summed E-state index contributed by atoms with van der Waals surface area (Å²) in [7, 11) is 1.49. The van der Waals surface area contributed by atoms with E-state index in [0.717, 1.165) is 0 Å². The minimum atomic E-state index is -3.76. The third-order valence-corrected chi connectivity index (χ3v) is 4.33. The standard InChI is InChI=1S/C11H10BrClN2O4S/c1-2-11-14-10(15-19-11)6-18-9-4-3-7(5-8(9)12)20(13,16)17/h3-5H,2,6H2,1H3. The zero-order valence-corrected chi connectivity index (χ0v) is 13.5. The van der Waals surface area contributed by atoms with Crippen molar-refractivity contribution in [1.82, 2.24) is 10.1 Å². The first-order valence-electron chi connectivity index (χ1n) is 5.58. The van der Waals surface area contributed by atoms with Crippen molar-refractivity contribution in [2.24, 2.45) is 0 Å². The van der Waals surface area contributed by atoms with Crippen LogP contribution in [0.2, 0.25) is 0 Å². The Morgan fingerprint density at radius 3 is 2.75 bits per heavy atom. The predicted molar refractivity (Wildman–Crippen MR) is 75.2 cm³/mol. The van der Waals surface area contributed by atoms with Crippen LogP contribution in [0.15, 0.2) is 32.1 Å². The Morgan fingerprint density at radius 2 is 2.20 bits per heavy atom. The molecule has 0 bridgehead atoms. The monoisotopic (exact) mass is 380 g/mol. The Hall–Kier alpha value is -1.12. The summed E-state index contributed by atoms with van der Waals surface area (Å²) in [6.07, 6.45) is 0.652. The van der Waals surface area contributed by atoms with Crippen LogP contribution in [0.3, 0.4) is 0 Å². The summed E-state index contributed by atoms with van der Waals surface area (Å²) in [6, 6.07) is 4.22. The maximum Gasteiger partial charge on any atom is 0.261 e. The molecule has 2 aromatic rings. The lowest BCUT2D eigenvalue weighted by Crippen LogP contribution is -1.99. The molecular weight excluding hydrogens is 372 g/mol. The minimum absolute atomic E-state index is 0.00813. The molecule has 0 aliphatic rings. The van der Waals surface area contributed by atoms with Gasteiger partial charge in [-0.05, 0) is 34.1 Å². The molecule has 9 heteroatoms. The molecule has 0 saturated carbocycles. The van der Waals surface area contributed by atoms with Crippen molar-refractivity contribution in [2.75, 3.05) is 0 Å². The zero-order chi connectivity index (χ0) is 14.8. The maximum absolute atomic E-state index is 11.2. The Labute approximate surface area is 128 Å². The molecule has 0 N–H and O–H groups in total. The van der Waals surface area contributed by atoms with Gasteiger partial charge in [-0.25, -0.2) is 8.42 Å². The Morgan fingerprint density at radius 1 is 1.45 bits per heavy atom. The van der Waals surface area contributed by atoms with Gasteiger partial charge in [0.2, 0.25) is 11.7 Å². The summed E-state index contributed by atoms with van der Waals surface area (Å²) in [6.45, 7) is 2.02. The summed E-state index contributed by atoms with van der Waals surface area (Å²) < 4.78 is 33.3. The third kappa shape index (κ3) is 3.71. The van der Waals surface area contributed by atoms with Crippen molar-refractivity contribution < 1.29 is 17.7 Å². The summed E-state index contributed by atoms with van der Waals surface area (Å²) >= 11 is 3.22. The van der Waals surface area contributed by atoms with Crippen molar-refractivity contribution in [3.63, 3.8) is 0 Å². The Balaban J connectivity index is 2.10.